The highest BCUT2D eigenvalue weighted by atomic mass is 16.5. The Balaban J connectivity index is 1.35. The lowest BCUT2D eigenvalue weighted by molar-refractivity contribution is -0.144. The van der Waals surface area contributed by atoms with Gasteiger partial charge in [-0.15, -0.1) is 0 Å². The molecule has 2 fully saturated rings. The monoisotopic (exact) mass is 360 g/mol. The normalized spacial score (nSPS) is 24.3. The first-order valence-corrected chi connectivity index (χ1v) is 9.75. The van der Waals surface area contributed by atoms with E-state index in [-0.39, 0.29) is 18.1 Å². The number of piperazine rings is 1. The van der Waals surface area contributed by atoms with Crippen LogP contribution in [0, 0.1) is 0 Å². The molecule has 1 aromatic carbocycles. The summed E-state index contributed by atoms with van der Waals surface area (Å²) in [7, 11) is 2.16. The number of carbonyl (C=O) groups is 1. The van der Waals surface area contributed by atoms with Gasteiger partial charge in [0, 0.05) is 52.4 Å². The van der Waals surface area contributed by atoms with E-state index < -0.39 is 0 Å². The van der Waals surface area contributed by atoms with Crippen LogP contribution < -0.4 is 5.73 Å². The fourth-order valence-electron chi connectivity index (χ4n) is 3.74. The molecule has 0 aliphatic carbocycles. The van der Waals surface area contributed by atoms with Crippen LogP contribution in [0.15, 0.2) is 30.3 Å². The summed E-state index contributed by atoms with van der Waals surface area (Å²) in [5.74, 6) is 0.154. The lowest BCUT2D eigenvalue weighted by Crippen LogP contribution is -2.52. The topological polar surface area (TPSA) is 62.0 Å². The predicted molar refractivity (Wildman–Crippen MR) is 103 cm³/mol. The Morgan fingerprint density at radius 2 is 1.92 bits per heavy atom. The summed E-state index contributed by atoms with van der Waals surface area (Å²) in [4.78, 5) is 19.3. The zero-order valence-corrected chi connectivity index (χ0v) is 15.8. The Kier molecular flexibility index (Phi) is 7.02. The van der Waals surface area contributed by atoms with Crippen molar-refractivity contribution >= 4 is 5.91 Å². The summed E-state index contributed by atoms with van der Waals surface area (Å²) in [5.41, 5.74) is 6.98. The first kappa shape index (κ1) is 19.3. The van der Waals surface area contributed by atoms with Crippen molar-refractivity contribution < 1.29 is 9.53 Å². The molecule has 0 unspecified atom stereocenters. The Bertz CT molecular complexity index is 560. The van der Waals surface area contributed by atoms with E-state index >= 15 is 0 Å². The van der Waals surface area contributed by atoms with Crippen LogP contribution in [0.2, 0.25) is 0 Å². The maximum Gasteiger partial charge on any atom is 0.251 e. The number of carbonyl (C=O) groups excluding carboxylic acids is 1. The van der Waals surface area contributed by atoms with Crippen molar-refractivity contribution in [2.75, 3.05) is 52.9 Å². The van der Waals surface area contributed by atoms with Crippen molar-refractivity contribution in [1.82, 2.24) is 14.7 Å². The van der Waals surface area contributed by atoms with Crippen molar-refractivity contribution in [3.8, 4) is 0 Å². The molecular formula is C20H32N4O2. The number of hydrogen-bond donors (Lipinski definition) is 1. The number of benzene rings is 1. The molecule has 0 spiro atoms. The molecule has 0 radical (unpaired) electrons. The average Bonchev–Trinajstić information content (AvgIpc) is 3.16. The van der Waals surface area contributed by atoms with Gasteiger partial charge in [-0.1, -0.05) is 30.3 Å². The standard InChI is InChI=1S/C20H32N4O2/c1-22(16-17-5-3-2-4-6-17)9-10-23-11-13-24(14-12-23)20(25)19-8-7-18(15-21)26-19/h2-6,18-19H,7-16,21H2,1H3/t18-,19+/m1/s1. The fraction of sp³-hybridized carbons (Fsp3) is 0.650. The second-order valence-corrected chi connectivity index (χ2v) is 7.45. The molecule has 3 rings (SSSR count). The molecule has 6 heteroatoms. The van der Waals surface area contributed by atoms with E-state index in [9.17, 15) is 4.79 Å². The average molecular weight is 361 g/mol. The molecule has 0 aromatic heterocycles. The molecule has 2 aliphatic rings. The van der Waals surface area contributed by atoms with E-state index in [0.29, 0.717) is 6.54 Å². The molecule has 2 atom stereocenters. The highest BCUT2D eigenvalue weighted by Gasteiger charge is 2.33. The summed E-state index contributed by atoms with van der Waals surface area (Å²) in [6, 6.07) is 10.6. The third kappa shape index (κ3) is 5.27. The highest BCUT2D eigenvalue weighted by Crippen LogP contribution is 2.21. The second kappa shape index (κ2) is 9.46. The van der Waals surface area contributed by atoms with Gasteiger partial charge in [0.05, 0.1) is 6.10 Å². The van der Waals surface area contributed by atoms with Crippen LogP contribution >= 0.6 is 0 Å². The van der Waals surface area contributed by atoms with E-state index in [0.717, 1.165) is 58.7 Å². The molecule has 0 saturated carbocycles. The van der Waals surface area contributed by atoms with E-state index in [2.05, 4.69) is 47.2 Å². The van der Waals surface area contributed by atoms with Gasteiger partial charge in [0.25, 0.3) is 5.91 Å². The van der Waals surface area contributed by atoms with Crippen LogP contribution in [-0.2, 0) is 16.1 Å². The van der Waals surface area contributed by atoms with Crippen LogP contribution in [0.25, 0.3) is 0 Å². The van der Waals surface area contributed by atoms with Crippen molar-refractivity contribution in [2.24, 2.45) is 5.73 Å². The Morgan fingerprint density at radius 3 is 2.58 bits per heavy atom. The van der Waals surface area contributed by atoms with Gasteiger partial charge in [-0.05, 0) is 25.5 Å². The smallest absolute Gasteiger partial charge is 0.251 e. The Labute approximate surface area is 156 Å². The number of hydrogen-bond acceptors (Lipinski definition) is 5. The van der Waals surface area contributed by atoms with Crippen molar-refractivity contribution in [3.63, 3.8) is 0 Å². The van der Waals surface area contributed by atoms with Crippen LogP contribution in [0.4, 0.5) is 0 Å². The molecule has 2 heterocycles. The van der Waals surface area contributed by atoms with Gasteiger partial charge in [-0.3, -0.25) is 9.69 Å². The number of amides is 1. The zero-order chi connectivity index (χ0) is 18.4. The molecule has 2 saturated heterocycles. The molecule has 2 N–H and O–H groups in total. The highest BCUT2D eigenvalue weighted by molar-refractivity contribution is 5.81. The van der Waals surface area contributed by atoms with Crippen molar-refractivity contribution in [1.29, 1.82) is 0 Å². The summed E-state index contributed by atoms with van der Waals surface area (Å²) in [5, 5.41) is 0. The molecule has 26 heavy (non-hydrogen) atoms. The quantitative estimate of drug-likeness (QED) is 0.778. The Morgan fingerprint density at radius 1 is 1.19 bits per heavy atom. The van der Waals surface area contributed by atoms with Crippen molar-refractivity contribution in [2.45, 2.75) is 31.6 Å². The summed E-state index contributed by atoms with van der Waals surface area (Å²) >= 11 is 0. The fourth-order valence-corrected chi connectivity index (χ4v) is 3.74. The molecule has 0 bridgehead atoms. The third-order valence-corrected chi connectivity index (χ3v) is 5.42. The van der Waals surface area contributed by atoms with E-state index in [1.54, 1.807) is 0 Å². The first-order valence-electron chi connectivity index (χ1n) is 9.75. The third-order valence-electron chi connectivity index (χ3n) is 5.42. The minimum atomic E-state index is -0.271. The zero-order valence-electron chi connectivity index (χ0n) is 15.8. The maximum absolute atomic E-state index is 12.6. The van der Waals surface area contributed by atoms with Crippen LogP contribution in [0.5, 0.6) is 0 Å². The van der Waals surface area contributed by atoms with Gasteiger partial charge in [-0.2, -0.15) is 0 Å². The lowest BCUT2D eigenvalue weighted by Gasteiger charge is -2.36. The number of ether oxygens (including phenoxy) is 1. The van der Waals surface area contributed by atoms with E-state index in [4.69, 9.17) is 10.5 Å². The van der Waals surface area contributed by atoms with Crippen LogP contribution in [0.3, 0.4) is 0 Å². The van der Waals surface area contributed by atoms with Gasteiger partial charge in [0.15, 0.2) is 0 Å². The minimum absolute atomic E-state index is 0.0605. The van der Waals surface area contributed by atoms with E-state index in [1.165, 1.54) is 5.56 Å². The van der Waals surface area contributed by atoms with Crippen LogP contribution in [-0.4, -0.2) is 85.7 Å². The molecule has 1 aromatic rings. The summed E-state index contributed by atoms with van der Waals surface area (Å²) < 4.78 is 5.75. The van der Waals surface area contributed by atoms with Gasteiger partial charge < -0.3 is 20.3 Å². The van der Waals surface area contributed by atoms with Crippen molar-refractivity contribution in [3.05, 3.63) is 35.9 Å². The minimum Gasteiger partial charge on any atom is -0.364 e. The van der Waals surface area contributed by atoms with Gasteiger partial charge in [0.2, 0.25) is 0 Å². The number of nitrogens with two attached hydrogens (primary N) is 1. The molecule has 6 nitrogen and oxygen atoms in total. The van der Waals surface area contributed by atoms with Gasteiger partial charge in [0.1, 0.15) is 6.10 Å². The molecular weight excluding hydrogens is 328 g/mol. The number of rotatable bonds is 7. The van der Waals surface area contributed by atoms with Gasteiger partial charge >= 0.3 is 0 Å². The maximum atomic E-state index is 12.6. The summed E-state index contributed by atoms with van der Waals surface area (Å²) in [6.45, 7) is 7.04. The molecule has 1 amide bonds. The second-order valence-electron chi connectivity index (χ2n) is 7.45. The SMILES string of the molecule is CN(CCN1CCN(C(=O)[C@@H]2CC[C@H](CN)O2)CC1)Cc1ccccc1. The largest absolute Gasteiger partial charge is 0.364 e. The molecule has 144 valence electrons. The lowest BCUT2D eigenvalue weighted by atomic mass is 10.1. The Hall–Kier alpha value is -1.47. The number of nitrogens with zero attached hydrogens (tertiary/aromatic N) is 3. The van der Waals surface area contributed by atoms with E-state index in [1.807, 2.05) is 4.90 Å². The molecule has 2 aliphatic heterocycles. The first-order chi connectivity index (χ1) is 12.7. The van der Waals surface area contributed by atoms with Crippen LogP contribution in [0.1, 0.15) is 18.4 Å². The summed E-state index contributed by atoms with van der Waals surface area (Å²) in [6.07, 6.45) is 1.50. The van der Waals surface area contributed by atoms with Gasteiger partial charge in [-0.25, -0.2) is 0 Å². The number of likely N-dealkylation sites (N-methyl/N-ethyl adjacent to an activating group) is 1. The predicted octanol–water partition coefficient (Wildman–Crippen LogP) is 0.769.